The lowest BCUT2D eigenvalue weighted by molar-refractivity contribution is -0.108. The number of carbonyl (C=O) groups is 1. The average molecular weight is 240 g/mol. The van der Waals surface area contributed by atoms with Crippen LogP contribution in [0.1, 0.15) is 24.0 Å². The summed E-state index contributed by atoms with van der Waals surface area (Å²) in [6, 6.07) is 17.7. The molecule has 0 heterocycles. The molecule has 2 aromatic carbocycles. The zero-order valence-electron chi connectivity index (χ0n) is 10.4. The summed E-state index contributed by atoms with van der Waals surface area (Å²) in [4.78, 5) is 10.7. The molecule has 0 N–H and O–H groups in total. The molecular formula is C16H16O2. The largest absolute Gasteiger partial charge is 0.489 e. The highest BCUT2D eigenvalue weighted by Gasteiger charge is 2.03. The minimum absolute atomic E-state index is 0.0619. The van der Waals surface area contributed by atoms with Crippen LogP contribution in [0.15, 0.2) is 54.6 Å². The van der Waals surface area contributed by atoms with Gasteiger partial charge in [-0.25, -0.2) is 0 Å². The zero-order chi connectivity index (χ0) is 12.8. The second kappa shape index (κ2) is 6.01. The molecule has 0 bridgehead atoms. The first-order chi connectivity index (χ1) is 8.79. The summed E-state index contributed by atoms with van der Waals surface area (Å²) >= 11 is 0. The summed E-state index contributed by atoms with van der Waals surface area (Å²) in [5.41, 5.74) is 2.15. The van der Waals surface area contributed by atoms with Gasteiger partial charge in [0.1, 0.15) is 18.6 Å². The Kier molecular flexibility index (Phi) is 4.13. The van der Waals surface area contributed by atoms with Gasteiger partial charge in [0.2, 0.25) is 0 Å². The molecule has 0 fully saturated rings. The third kappa shape index (κ3) is 3.20. The molecule has 0 radical (unpaired) electrons. The topological polar surface area (TPSA) is 26.3 Å². The van der Waals surface area contributed by atoms with Gasteiger partial charge < -0.3 is 9.53 Å². The molecule has 0 aliphatic rings. The number of hydrogen-bond acceptors (Lipinski definition) is 2. The molecule has 18 heavy (non-hydrogen) atoms. The highest BCUT2D eigenvalue weighted by molar-refractivity contribution is 5.61. The fraction of sp³-hybridized carbons (Fsp3) is 0.188. The first kappa shape index (κ1) is 12.4. The van der Waals surface area contributed by atoms with E-state index in [2.05, 4.69) is 0 Å². The Morgan fingerprint density at radius 2 is 1.72 bits per heavy atom. The van der Waals surface area contributed by atoms with E-state index in [0.29, 0.717) is 6.61 Å². The van der Waals surface area contributed by atoms with Gasteiger partial charge in [-0.2, -0.15) is 0 Å². The molecule has 1 atom stereocenters. The van der Waals surface area contributed by atoms with Gasteiger partial charge in [0.05, 0.1) is 0 Å². The van der Waals surface area contributed by atoms with Crippen molar-refractivity contribution in [1.29, 1.82) is 0 Å². The van der Waals surface area contributed by atoms with Crippen LogP contribution in [0, 0.1) is 0 Å². The molecule has 92 valence electrons. The molecule has 0 aliphatic carbocycles. The van der Waals surface area contributed by atoms with Gasteiger partial charge >= 0.3 is 0 Å². The Morgan fingerprint density at radius 3 is 2.33 bits per heavy atom. The maximum Gasteiger partial charge on any atom is 0.127 e. The Bertz CT molecular complexity index is 488. The normalized spacial score (nSPS) is 11.8. The van der Waals surface area contributed by atoms with Crippen molar-refractivity contribution in [3.05, 3.63) is 65.7 Å². The van der Waals surface area contributed by atoms with Gasteiger partial charge in [-0.05, 0) is 23.3 Å². The molecule has 2 rings (SSSR count). The van der Waals surface area contributed by atoms with Crippen molar-refractivity contribution >= 4 is 6.29 Å². The maximum absolute atomic E-state index is 10.7. The lowest BCUT2D eigenvalue weighted by Gasteiger charge is -2.08. The highest BCUT2D eigenvalue weighted by atomic mass is 16.5. The van der Waals surface area contributed by atoms with E-state index in [-0.39, 0.29) is 5.92 Å². The van der Waals surface area contributed by atoms with Crippen LogP contribution in [-0.4, -0.2) is 6.29 Å². The van der Waals surface area contributed by atoms with E-state index in [9.17, 15) is 4.79 Å². The smallest absolute Gasteiger partial charge is 0.127 e. The van der Waals surface area contributed by atoms with Gasteiger partial charge in [0, 0.05) is 5.92 Å². The van der Waals surface area contributed by atoms with Gasteiger partial charge in [0.25, 0.3) is 0 Å². The summed E-state index contributed by atoms with van der Waals surface area (Å²) in [6.45, 7) is 2.44. The van der Waals surface area contributed by atoms with Crippen molar-refractivity contribution in [2.24, 2.45) is 0 Å². The average Bonchev–Trinajstić information content (AvgIpc) is 2.46. The predicted molar refractivity (Wildman–Crippen MR) is 71.7 cm³/mol. The minimum Gasteiger partial charge on any atom is -0.489 e. The Balaban J connectivity index is 1.96. The van der Waals surface area contributed by atoms with Crippen LogP contribution in [0.5, 0.6) is 5.75 Å². The Morgan fingerprint density at radius 1 is 1.06 bits per heavy atom. The highest BCUT2D eigenvalue weighted by Crippen LogP contribution is 2.18. The van der Waals surface area contributed by atoms with Crippen molar-refractivity contribution in [2.45, 2.75) is 19.4 Å². The molecule has 0 aromatic heterocycles. The van der Waals surface area contributed by atoms with Crippen LogP contribution in [-0.2, 0) is 11.4 Å². The summed E-state index contributed by atoms with van der Waals surface area (Å²) in [5, 5.41) is 0. The summed E-state index contributed by atoms with van der Waals surface area (Å²) in [7, 11) is 0. The van der Waals surface area contributed by atoms with Gasteiger partial charge in [-0.15, -0.1) is 0 Å². The first-order valence-corrected chi connectivity index (χ1v) is 6.01. The summed E-state index contributed by atoms with van der Waals surface area (Å²) in [5.74, 6) is 0.758. The molecule has 0 spiro atoms. The van der Waals surface area contributed by atoms with Gasteiger partial charge in [-0.3, -0.25) is 0 Å². The van der Waals surface area contributed by atoms with E-state index in [4.69, 9.17) is 4.74 Å². The lowest BCUT2D eigenvalue weighted by Crippen LogP contribution is -1.97. The molecular weight excluding hydrogens is 224 g/mol. The summed E-state index contributed by atoms with van der Waals surface area (Å²) < 4.78 is 5.67. The van der Waals surface area contributed by atoms with Crippen LogP contribution < -0.4 is 4.74 Å². The SMILES string of the molecule is CC(C=O)c1ccc(OCc2ccccc2)cc1. The molecule has 2 heteroatoms. The van der Waals surface area contributed by atoms with Crippen LogP contribution in [0.25, 0.3) is 0 Å². The van der Waals surface area contributed by atoms with Gasteiger partial charge in [0.15, 0.2) is 0 Å². The molecule has 0 saturated carbocycles. The Labute approximate surface area is 107 Å². The standard InChI is InChI=1S/C16H16O2/c1-13(11-17)15-7-9-16(10-8-15)18-12-14-5-3-2-4-6-14/h2-11,13H,12H2,1H3. The van der Waals surface area contributed by atoms with Gasteiger partial charge in [-0.1, -0.05) is 49.4 Å². The Hall–Kier alpha value is -2.09. The van der Waals surface area contributed by atoms with E-state index in [1.807, 2.05) is 61.5 Å². The number of hydrogen-bond donors (Lipinski definition) is 0. The number of ether oxygens (including phenoxy) is 1. The monoisotopic (exact) mass is 240 g/mol. The zero-order valence-corrected chi connectivity index (χ0v) is 10.4. The molecule has 2 nitrogen and oxygen atoms in total. The fourth-order valence-electron chi connectivity index (χ4n) is 1.69. The molecule has 0 aliphatic heterocycles. The van der Waals surface area contributed by atoms with E-state index < -0.39 is 0 Å². The third-order valence-electron chi connectivity index (χ3n) is 2.86. The molecule has 0 amide bonds. The lowest BCUT2D eigenvalue weighted by atomic mass is 10.0. The van der Waals surface area contributed by atoms with E-state index in [1.54, 1.807) is 0 Å². The maximum atomic E-state index is 10.7. The number of rotatable bonds is 5. The molecule has 2 aromatic rings. The third-order valence-corrected chi connectivity index (χ3v) is 2.86. The number of aldehydes is 1. The number of benzene rings is 2. The predicted octanol–water partition coefficient (Wildman–Crippen LogP) is 3.57. The van der Waals surface area contributed by atoms with Crippen molar-refractivity contribution < 1.29 is 9.53 Å². The second-order valence-corrected chi connectivity index (χ2v) is 4.27. The molecule has 0 saturated heterocycles. The van der Waals surface area contributed by atoms with E-state index >= 15 is 0 Å². The van der Waals surface area contributed by atoms with E-state index in [0.717, 1.165) is 23.2 Å². The van der Waals surface area contributed by atoms with Crippen molar-refractivity contribution in [3.63, 3.8) is 0 Å². The van der Waals surface area contributed by atoms with E-state index in [1.165, 1.54) is 0 Å². The molecule has 1 unspecified atom stereocenters. The fourth-order valence-corrected chi connectivity index (χ4v) is 1.69. The van der Waals surface area contributed by atoms with Crippen LogP contribution >= 0.6 is 0 Å². The number of carbonyl (C=O) groups excluding carboxylic acids is 1. The minimum atomic E-state index is -0.0619. The van der Waals surface area contributed by atoms with Crippen molar-refractivity contribution in [1.82, 2.24) is 0 Å². The van der Waals surface area contributed by atoms with Crippen molar-refractivity contribution in [3.8, 4) is 5.75 Å². The second-order valence-electron chi connectivity index (χ2n) is 4.27. The quantitative estimate of drug-likeness (QED) is 0.747. The van der Waals surface area contributed by atoms with Crippen LogP contribution in [0.4, 0.5) is 0 Å². The van der Waals surface area contributed by atoms with Crippen molar-refractivity contribution in [2.75, 3.05) is 0 Å². The summed E-state index contributed by atoms with van der Waals surface area (Å²) in [6.07, 6.45) is 0.944. The first-order valence-electron chi connectivity index (χ1n) is 6.01. The van der Waals surface area contributed by atoms with Crippen LogP contribution in [0.2, 0.25) is 0 Å². The van der Waals surface area contributed by atoms with Crippen LogP contribution in [0.3, 0.4) is 0 Å².